The van der Waals surface area contributed by atoms with E-state index in [0.29, 0.717) is 19.1 Å². The molecule has 3 rings (SSSR count). The summed E-state index contributed by atoms with van der Waals surface area (Å²) in [6.07, 6.45) is 3.79. The van der Waals surface area contributed by atoms with E-state index >= 15 is 0 Å². The van der Waals surface area contributed by atoms with Crippen LogP contribution in [0, 0.1) is 0 Å². The Bertz CT molecular complexity index is 554. The van der Waals surface area contributed by atoms with Gasteiger partial charge in [-0.05, 0) is 19.4 Å². The van der Waals surface area contributed by atoms with Gasteiger partial charge in [-0.3, -0.25) is 14.4 Å². The summed E-state index contributed by atoms with van der Waals surface area (Å²) in [6.45, 7) is 3.33. The molecule has 2 fully saturated rings. The average molecular weight is 278 g/mol. The highest BCUT2D eigenvalue weighted by atomic mass is 16.4. The van der Waals surface area contributed by atoms with Gasteiger partial charge in [-0.2, -0.15) is 5.10 Å². The number of nitrogens with zero attached hydrogens (tertiary/aromatic N) is 4. The van der Waals surface area contributed by atoms with Crippen LogP contribution in [0.1, 0.15) is 33.7 Å². The van der Waals surface area contributed by atoms with Crippen LogP contribution in [0.5, 0.6) is 0 Å². The molecule has 7 heteroatoms. The smallest absolute Gasteiger partial charge is 0.357 e. The van der Waals surface area contributed by atoms with E-state index in [4.69, 9.17) is 5.11 Å². The Hall–Kier alpha value is -1.89. The molecule has 1 aromatic rings. The molecule has 1 aromatic heterocycles. The van der Waals surface area contributed by atoms with Crippen molar-refractivity contribution in [3.05, 3.63) is 17.5 Å². The van der Waals surface area contributed by atoms with Crippen molar-refractivity contribution in [3.63, 3.8) is 0 Å². The van der Waals surface area contributed by atoms with Crippen LogP contribution in [0.25, 0.3) is 0 Å². The minimum absolute atomic E-state index is 0.161. The number of hydrogen-bond acceptors (Lipinski definition) is 4. The largest absolute Gasteiger partial charge is 0.476 e. The van der Waals surface area contributed by atoms with E-state index in [-0.39, 0.29) is 17.2 Å². The van der Waals surface area contributed by atoms with E-state index in [9.17, 15) is 9.59 Å². The van der Waals surface area contributed by atoms with Crippen LogP contribution in [-0.4, -0.2) is 68.8 Å². The maximum Gasteiger partial charge on any atom is 0.357 e. The van der Waals surface area contributed by atoms with Crippen LogP contribution < -0.4 is 0 Å². The minimum Gasteiger partial charge on any atom is -0.476 e. The first-order valence-corrected chi connectivity index (χ1v) is 6.86. The van der Waals surface area contributed by atoms with Crippen molar-refractivity contribution in [2.75, 3.05) is 26.2 Å². The van der Waals surface area contributed by atoms with E-state index < -0.39 is 5.97 Å². The maximum absolute atomic E-state index is 12.5. The lowest BCUT2D eigenvalue weighted by atomic mass is 10.1. The van der Waals surface area contributed by atoms with E-state index in [2.05, 4.69) is 10.00 Å². The van der Waals surface area contributed by atoms with E-state index in [0.717, 1.165) is 19.5 Å². The molecule has 0 bridgehead atoms. The standard InChI is InChI=1S/C13H18N4O3/c1-15-8-10(11(14-15)13(19)20)12(18)17-6-5-16-4-2-3-9(16)7-17/h8-9H,2-7H2,1H3,(H,19,20). The van der Waals surface area contributed by atoms with Crippen molar-refractivity contribution in [3.8, 4) is 0 Å². The summed E-state index contributed by atoms with van der Waals surface area (Å²) in [5.74, 6) is -1.38. The first-order valence-electron chi connectivity index (χ1n) is 6.86. The number of hydrogen-bond donors (Lipinski definition) is 1. The molecule has 1 atom stereocenters. The summed E-state index contributed by atoms with van der Waals surface area (Å²) in [5.41, 5.74) is 0.0257. The molecule has 7 nitrogen and oxygen atoms in total. The van der Waals surface area contributed by atoms with Gasteiger partial charge in [0.05, 0.1) is 5.56 Å². The van der Waals surface area contributed by atoms with Crippen molar-refractivity contribution in [1.82, 2.24) is 19.6 Å². The second-order valence-electron chi connectivity index (χ2n) is 5.45. The van der Waals surface area contributed by atoms with Crippen LogP contribution in [0.2, 0.25) is 0 Å². The topological polar surface area (TPSA) is 78.7 Å². The number of amides is 1. The van der Waals surface area contributed by atoms with Crippen LogP contribution >= 0.6 is 0 Å². The first kappa shape index (κ1) is 13.1. The zero-order valence-electron chi connectivity index (χ0n) is 11.4. The zero-order chi connectivity index (χ0) is 14.3. The fraction of sp³-hybridized carbons (Fsp3) is 0.615. The van der Waals surface area contributed by atoms with Gasteiger partial charge < -0.3 is 10.0 Å². The number of aryl methyl sites for hydroxylation is 1. The maximum atomic E-state index is 12.5. The van der Waals surface area contributed by atoms with Crippen LogP contribution in [0.4, 0.5) is 0 Å². The Morgan fingerprint density at radius 1 is 1.35 bits per heavy atom. The number of carbonyl (C=O) groups excluding carboxylic acids is 1. The highest BCUT2D eigenvalue weighted by Crippen LogP contribution is 2.23. The first-order chi connectivity index (χ1) is 9.56. The fourth-order valence-corrected chi connectivity index (χ4v) is 3.15. The Morgan fingerprint density at radius 2 is 2.15 bits per heavy atom. The normalized spacial score (nSPS) is 22.9. The average Bonchev–Trinajstić information content (AvgIpc) is 3.02. The molecule has 1 amide bonds. The van der Waals surface area contributed by atoms with Gasteiger partial charge in [0.1, 0.15) is 0 Å². The van der Waals surface area contributed by atoms with Crippen molar-refractivity contribution < 1.29 is 14.7 Å². The van der Waals surface area contributed by atoms with Gasteiger partial charge in [0.15, 0.2) is 5.69 Å². The Morgan fingerprint density at radius 3 is 2.90 bits per heavy atom. The quantitative estimate of drug-likeness (QED) is 0.826. The molecule has 0 aromatic carbocycles. The lowest BCUT2D eigenvalue weighted by Crippen LogP contribution is -2.52. The van der Waals surface area contributed by atoms with Crippen LogP contribution in [0.3, 0.4) is 0 Å². The van der Waals surface area contributed by atoms with E-state index in [1.165, 1.54) is 17.3 Å². The third-order valence-electron chi connectivity index (χ3n) is 4.14. The highest BCUT2D eigenvalue weighted by molar-refractivity contribution is 6.03. The van der Waals surface area contributed by atoms with Crippen molar-refractivity contribution in [1.29, 1.82) is 0 Å². The molecule has 0 saturated carbocycles. The number of carbonyl (C=O) groups is 2. The molecular weight excluding hydrogens is 260 g/mol. The predicted molar refractivity (Wildman–Crippen MR) is 70.7 cm³/mol. The Balaban J connectivity index is 1.80. The zero-order valence-corrected chi connectivity index (χ0v) is 11.4. The van der Waals surface area contributed by atoms with Gasteiger partial charge in [0.2, 0.25) is 0 Å². The van der Waals surface area contributed by atoms with Crippen molar-refractivity contribution in [2.45, 2.75) is 18.9 Å². The summed E-state index contributed by atoms with van der Waals surface area (Å²) in [7, 11) is 1.62. The number of aromatic carboxylic acids is 1. The lowest BCUT2D eigenvalue weighted by Gasteiger charge is -2.37. The Kier molecular flexibility index (Phi) is 3.21. The van der Waals surface area contributed by atoms with Crippen LogP contribution in [-0.2, 0) is 7.05 Å². The molecule has 0 aliphatic carbocycles. The number of carboxylic acid groups (broad SMARTS) is 1. The second kappa shape index (κ2) is 4.90. The molecule has 1 N–H and O–H groups in total. The SMILES string of the molecule is Cn1cc(C(=O)N2CCN3CCCC3C2)c(C(=O)O)n1. The lowest BCUT2D eigenvalue weighted by molar-refractivity contribution is 0.0559. The monoisotopic (exact) mass is 278 g/mol. The van der Waals surface area contributed by atoms with Crippen LogP contribution in [0.15, 0.2) is 6.20 Å². The molecule has 0 spiro atoms. The summed E-state index contributed by atoms with van der Waals surface area (Å²) in [5, 5.41) is 13.0. The highest BCUT2D eigenvalue weighted by Gasteiger charge is 2.34. The number of aromatic nitrogens is 2. The third kappa shape index (κ3) is 2.18. The van der Waals surface area contributed by atoms with Gasteiger partial charge in [-0.1, -0.05) is 0 Å². The van der Waals surface area contributed by atoms with Gasteiger partial charge >= 0.3 is 5.97 Å². The summed E-state index contributed by atoms with van der Waals surface area (Å²) < 4.78 is 1.38. The fourth-order valence-electron chi connectivity index (χ4n) is 3.15. The number of fused-ring (bicyclic) bond motifs is 1. The van der Waals surface area contributed by atoms with E-state index in [1.807, 2.05) is 0 Å². The minimum atomic E-state index is -1.16. The summed E-state index contributed by atoms with van der Waals surface area (Å²) >= 11 is 0. The van der Waals surface area contributed by atoms with Gasteiger partial charge in [0, 0.05) is 38.9 Å². The van der Waals surface area contributed by atoms with Crippen molar-refractivity contribution >= 4 is 11.9 Å². The summed E-state index contributed by atoms with van der Waals surface area (Å²) in [4.78, 5) is 27.8. The van der Waals surface area contributed by atoms with Crippen molar-refractivity contribution in [2.24, 2.45) is 7.05 Å². The third-order valence-corrected chi connectivity index (χ3v) is 4.14. The van der Waals surface area contributed by atoms with Gasteiger partial charge in [-0.15, -0.1) is 0 Å². The molecular formula is C13H18N4O3. The molecule has 1 unspecified atom stereocenters. The number of rotatable bonds is 2. The molecule has 2 saturated heterocycles. The molecule has 2 aliphatic rings. The molecule has 0 radical (unpaired) electrons. The van der Waals surface area contributed by atoms with Gasteiger partial charge in [-0.25, -0.2) is 4.79 Å². The molecule has 2 aliphatic heterocycles. The number of piperazine rings is 1. The van der Waals surface area contributed by atoms with E-state index in [1.54, 1.807) is 11.9 Å². The van der Waals surface area contributed by atoms with Gasteiger partial charge in [0.25, 0.3) is 5.91 Å². The predicted octanol–water partition coefficient (Wildman–Crippen LogP) is 0.0385. The second-order valence-corrected chi connectivity index (χ2v) is 5.45. The Labute approximate surface area is 116 Å². The molecule has 3 heterocycles. The molecule has 20 heavy (non-hydrogen) atoms. The number of carboxylic acids is 1. The molecule has 108 valence electrons. The summed E-state index contributed by atoms with van der Waals surface area (Å²) in [6, 6.07) is 0.428.